The summed E-state index contributed by atoms with van der Waals surface area (Å²) in [5.41, 5.74) is 5.02. The number of amidine groups is 1. The van der Waals surface area contributed by atoms with E-state index in [2.05, 4.69) is 23.7 Å². The Morgan fingerprint density at radius 3 is 2.67 bits per heavy atom. The lowest BCUT2D eigenvalue weighted by Crippen LogP contribution is -2.50. The molecule has 1 amide bonds. The largest absolute Gasteiger partial charge is 0.495 e. The number of hydrazine groups is 1. The van der Waals surface area contributed by atoms with E-state index in [1.807, 2.05) is 54.8 Å². The first-order valence-electron chi connectivity index (χ1n) is 12.3. The molecule has 7 nitrogen and oxygen atoms in total. The van der Waals surface area contributed by atoms with E-state index in [0.29, 0.717) is 19.4 Å². The normalized spacial score (nSPS) is 17.2. The standard InChI is InChI=1S/C24H29N5O2.C4H7F/c1-5-18(3)29-23(30)10-11-25-24-20(7-6-12-28(24)29)13-19-8-9-21(22(14-19)31-4)27-15-17(2)26-16-27;1-3-4(2)5/h5,8-9,13-16H,6-7,10-12H2,1-4H3;2-3H2,1H3/b18-5+,20-13+;. The molecular weight excluding hydrogens is 457 g/mol. The third-order valence-electron chi connectivity index (χ3n) is 6.08. The van der Waals surface area contributed by atoms with Gasteiger partial charge in [-0.25, -0.2) is 14.4 Å². The Morgan fingerprint density at radius 2 is 2.06 bits per heavy atom. The van der Waals surface area contributed by atoms with E-state index in [-0.39, 0.29) is 11.7 Å². The highest BCUT2D eigenvalue weighted by Crippen LogP contribution is 2.30. The third kappa shape index (κ3) is 6.30. The van der Waals surface area contributed by atoms with Crippen LogP contribution in [0.1, 0.15) is 57.7 Å². The van der Waals surface area contributed by atoms with Gasteiger partial charge < -0.3 is 9.30 Å². The predicted molar refractivity (Wildman–Crippen MR) is 143 cm³/mol. The predicted octanol–water partition coefficient (Wildman–Crippen LogP) is 6.02. The molecule has 1 aromatic heterocycles. The number of methoxy groups -OCH3 is 1. The molecule has 3 heterocycles. The summed E-state index contributed by atoms with van der Waals surface area (Å²) in [5, 5.41) is 3.84. The molecule has 4 rings (SSSR count). The zero-order valence-electron chi connectivity index (χ0n) is 21.9. The van der Waals surface area contributed by atoms with Crippen LogP contribution in [0.15, 0.2) is 65.5 Å². The Morgan fingerprint density at radius 1 is 1.31 bits per heavy atom. The molecule has 2 aliphatic heterocycles. The molecule has 0 aliphatic carbocycles. The van der Waals surface area contributed by atoms with Gasteiger partial charge in [0, 0.05) is 24.9 Å². The molecule has 0 bridgehead atoms. The number of benzene rings is 1. The Bertz CT molecular complexity index is 1190. The summed E-state index contributed by atoms with van der Waals surface area (Å²) in [6.45, 7) is 11.9. The highest BCUT2D eigenvalue weighted by molar-refractivity contribution is 6.04. The van der Waals surface area contributed by atoms with E-state index in [4.69, 9.17) is 9.73 Å². The second-order valence-corrected chi connectivity index (χ2v) is 8.71. The lowest BCUT2D eigenvalue weighted by Gasteiger charge is -2.39. The van der Waals surface area contributed by atoms with Crippen molar-refractivity contribution in [3.8, 4) is 11.4 Å². The molecular formula is C28H36FN5O2. The van der Waals surface area contributed by atoms with Gasteiger partial charge in [-0.05, 0) is 69.4 Å². The second kappa shape index (κ2) is 12.3. The van der Waals surface area contributed by atoms with Gasteiger partial charge in [-0.3, -0.25) is 14.8 Å². The number of fused-ring (bicyclic) bond motifs is 1. The van der Waals surface area contributed by atoms with Crippen molar-refractivity contribution < 1.29 is 13.9 Å². The van der Waals surface area contributed by atoms with E-state index < -0.39 is 0 Å². The van der Waals surface area contributed by atoms with Crippen molar-refractivity contribution in [1.82, 2.24) is 19.6 Å². The number of rotatable bonds is 5. The van der Waals surface area contributed by atoms with Gasteiger partial charge in [-0.15, -0.1) is 0 Å². The number of carbonyl (C=O) groups excluding carboxylic acids is 1. The van der Waals surface area contributed by atoms with Crippen molar-refractivity contribution in [2.75, 3.05) is 20.2 Å². The maximum Gasteiger partial charge on any atom is 0.247 e. The van der Waals surface area contributed by atoms with Crippen molar-refractivity contribution in [3.63, 3.8) is 0 Å². The maximum atomic E-state index is 12.7. The van der Waals surface area contributed by atoms with Crippen molar-refractivity contribution in [2.45, 2.75) is 53.4 Å². The molecule has 0 atom stereocenters. The Kier molecular flexibility index (Phi) is 9.22. The average Bonchev–Trinajstić information content (AvgIpc) is 3.23. The second-order valence-electron chi connectivity index (χ2n) is 8.71. The molecule has 0 N–H and O–H groups in total. The van der Waals surface area contributed by atoms with Crippen LogP contribution in [-0.2, 0) is 4.79 Å². The first kappa shape index (κ1) is 26.9. The number of piperidine rings is 1. The molecule has 36 heavy (non-hydrogen) atoms. The van der Waals surface area contributed by atoms with Crippen molar-refractivity contribution in [2.24, 2.45) is 4.99 Å². The molecule has 0 radical (unpaired) electrons. The van der Waals surface area contributed by atoms with Gasteiger partial charge in [0.05, 0.1) is 37.2 Å². The quantitative estimate of drug-likeness (QED) is 0.511. The molecule has 192 valence electrons. The SMILES string of the molecule is C/C=C(\C)N1C(=O)CCN=C2/C(=C/c3ccc(-n4cnc(C)c4)c(OC)c3)CCCN21.C=C(F)CC. The summed E-state index contributed by atoms with van der Waals surface area (Å²) in [7, 11) is 1.68. The molecule has 2 aliphatic rings. The first-order valence-corrected chi connectivity index (χ1v) is 12.3. The number of ether oxygens (including phenoxy) is 1. The molecule has 2 aromatic rings. The number of halogens is 1. The number of aryl methyl sites for hydroxylation is 1. The molecule has 1 saturated heterocycles. The van der Waals surface area contributed by atoms with Crippen LogP contribution >= 0.6 is 0 Å². The fourth-order valence-electron chi connectivity index (χ4n) is 4.08. The fraction of sp³-hybridized carbons (Fsp3) is 0.393. The number of aliphatic imine (C=N–C) groups is 1. The summed E-state index contributed by atoms with van der Waals surface area (Å²) in [6.07, 6.45) is 10.7. The number of carbonyl (C=O) groups is 1. The lowest BCUT2D eigenvalue weighted by atomic mass is 10.0. The molecule has 8 heteroatoms. The van der Waals surface area contributed by atoms with Crippen LogP contribution in [-0.4, -0.2) is 51.5 Å². The average molecular weight is 494 g/mol. The number of imidazole rings is 1. The summed E-state index contributed by atoms with van der Waals surface area (Å²) in [5.74, 6) is 1.53. The smallest absolute Gasteiger partial charge is 0.247 e. The van der Waals surface area contributed by atoms with E-state index in [1.165, 1.54) is 0 Å². The highest BCUT2D eigenvalue weighted by Gasteiger charge is 2.32. The van der Waals surface area contributed by atoms with Gasteiger partial charge in [-0.2, -0.15) is 0 Å². The van der Waals surface area contributed by atoms with Crippen LogP contribution in [0.25, 0.3) is 11.8 Å². The minimum Gasteiger partial charge on any atom is -0.495 e. The van der Waals surface area contributed by atoms with Crippen molar-refractivity contribution in [1.29, 1.82) is 0 Å². The summed E-state index contributed by atoms with van der Waals surface area (Å²) in [6, 6.07) is 6.16. The van der Waals surface area contributed by atoms with Crippen LogP contribution in [0.2, 0.25) is 0 Å². The topological polar surface area (TPSA) is 63.0 Å². The van der Waals surface area contributed by atoms with Crippen LogP contribution in [0.5, 0.6) is 5.75 Å². The van der Waals surface area contributed by atoms with E-state index >= 15 is 0 Å². The third-order valence-corrected chi connectivity index (χ3v) is 6.08. The highest BCUT2D eigenvalue weighted by atomic mass is 19.1. The van der Waals surface area contributed by atoms with Gasteiger partial charge in [0.2, 0.25) is 5.91 Å². The fourth-order valence-corrected chi connectivity index (χ4v) is 4.08. The molecule has 1 fully saturated rings. The Labute approximate surface area is 213 Å². The summed E-state index contributed by atoms with van der Waals surface area (Å²) in [4.78, 5) is 21.8. The molecule has 0 saturated carbocycles. The minimum atomic E-state index is -0.245. The van der Waals surface area contributed by atoms with E-state index in [0.717, 1.165) is 59.2 Å². The Hall–Kier alpha value is -3.68. The molecule has 1 aromatic carbocycles. The number of hydrogen-bond acceptors (Lipinski definition) is 5. The molecule has 0 spiro atoms. The van der Waals surface area contributed by atoms with Gasteiger partial charge >= 0.3 is 0 Å². The van der Waals surface area contributed by atoms with E-state index in [9.17, 15) is 9.18 Å². The number of nitrogens with zero attached hydrogens (tertiary/aromatic N) is 5. The minimum absolute atomic E-state index is 0.0947. The number of aromatic nitrogens is 2. The van der Waals surface area contributed by atoms with Crippen LogP contribution < -0.4 is 4.74 Å². The van der Waals surface area contributed by atoms with Crippen molar-refractivity contribution >= 4 is 17.8 Å². The number of amides is 1. The van der Waals surface area contributed by atoms with Crippen LogP contribution in [0.3, 0.4) is 0 Å². The number of hydrogen-bond donors (Lipinski definition) is 0. The van der Waals surface area contributed by atoms with Gasteiger partial charge in [-0.1, -0.05) is 25.6 Å². The Balaban J connectivity index is 0.000000658. The summed E-state index contributed by atoms with van der Waals surface area (Å²) >= 11 is 0. The van der Waals surface area contributed by atoms with E-state index in [1.54, 1.807) is 25.4 Å². The van der Waals surface area contributed by atoms with Crippen LogP contribution in [0.4, 0.5) is 4.39 Å². The molecule has 0 unspecified atom stereocenters. The monoisotopic (exact) mass is 493 g/mol. The maximum absolute atomic E-state index is 12.7. The zero-order valence-corrected chi connectivity index (χ0v) is 21.9. The zero-order chi connectivity index (χ0) is 26.2. The number of allylic oxidation sites excluding steroid dienone is 3. The van der Waals surface area contributed by atoms with Gasteiger partial charge in [0.1, 0.15) is 11.6 Å². The first-order chi connectivity index (χ1) is 17.3. The van der Waals surface area contributed by atoms with Crippen LogP contribution in [0, 0.1) is 6.92 Å². The van der Waals surface area contributed by atoms with Crippen molar-refractivity contribution in [3.05, 3.63) is 71.7 Å². The summed E-state index contributed by atoms with van der Waals surface area (Å²) < 4.78 is 18.9. The van der Waals surface area contributed by atoms with Gasteiger partial charge in [0.25, 0.3) is 0 Å². The van der Waals surface area contributed by atoms with Gasteiger partial charge in [0.15, 0.2) is 0 Å². The lowest BCUT2D eigenvalue weighted by molar-refractivity contribution is -0.138.